The van der Waals surface area contributed by atoms with Crippen LogP contribution in [0.2, 0.25) is 0 Å². The van der Waals surface area contributed by atoms with E-state index in [0.29, 0.717) is 42.3 Å². The molecule has 0 atom stereocenters. The highest BCUT2D eigenvalue weighted by Crippen LogP contribution is 2.15. The first-order valence-electron chi connectivity index (χ1n) is 8.94. The lowest BCUT2D eigenvalue weighted by Gasteiger charge is -2.21. The van der Waals surface area contributed by atoms with Crippen LogP contribution < -0.4 is 5.32 Å². The molecule has 1 aromatic heterocycles. The maximum absolute atomic E-state index is 12.9. The topological polar surface area (TPSA) is 71.8 Å². The molecule has 0 radical (unpaired) electrons. The molecule has 1 heterocycles. The highest BCUT2D eigenvalue weighted by molar-refractivity contribution is 6.04. The fourth-order valence-electron chi connectivity index (χ4n) is 2.72. The van der Waals surface area contributed by atoms with Crippen LogP contribution in [0.5, 0.6) is 0 Å². The van der Waals surface area contributed by atoms with Crippen molar-refractivity contribution >= 4 is 17.5 Å². The van der Waals surface area contributed by atoms with Crippen molar-refractivity contribution in [2.24, 2.45) is 0 Å². The van der Waals surface area contributed by atoms with Gasteiger partial charge in [-0.1, -0.05) is 18.2 Å². The van der Waals surface area contributed by atoms with E-state index in [0.717, 1.165) is 0 Å². The number of amides is 2. The van der Waals surface area contributed by atoms with E-state index in [1.807, 2.05) is 24.3 Å². The van der Waals surface area contributed by atoms with E-state index in [1.165, 1.54) is 0 Å². The second kappa shape index (κ2) is 9.53. The summed E-state index contributed by atoms with van der Waals surface area (Å²) in [6, 6.07) is 19.4. The van der Waals surface area contributed by atoms with Gasteiger partial charge in [-0.25, -0.2) is 0 Å². The molecule has 2 aromatic carbocycles. The lowest BCUT2D eigenvalue weighted by Crippen LogP contribution is -2.33. The number of nitrogens with one attached hydrogen (secondary N) is 1. The highest BCUT2D eigenvalue weighted by Gasteiger charge is 2.17. The van der Waals surface area contributed by atoms with Crippen LogP contribution in [0.15, 0.2) is 77.4 Å². The van der Waals surface area contributed by atoms with Crippen LogP contribution in [-0.4, -0.2) is 37.0 Å². The minimum absolute atomic E-state index is 0.130. The molecule has 0 fully saturated rings. The zero-order valence-electron chi connectivity index (χ0n) is 15.6. The first-order valence-corrected chi connectivity index (χ1v) is 8.94. The van der Waals surface area contributed by atoms with Crippen molar-refractivity contribution in [3.05, 3.63) is 89.9 Å². The molecule has 6 heteroatoms. The van der Waals surface area contributed by atoms with E-state index >= 15 is 0 Å². The SMILES string of the molecule is COCCN(Cc1ccco1)C(=O)c1ccc(NC(=O)c2ccccc2)cc1. The van der Waals surface area contributed by atoms with Gasteiger partial charge in [0, 0.05) is 30.5 Å². The summed E-state index contributed by atoms with van der Waals surface area (Å²) in [6.07, 6.45) is 1.58. The van der Waals surface area contributed by atoms with Crippen LogP contribution in [0.3, 0.4) is 0 Å². The average Bonchev–Trinajstić information content (AvgIpc) is 3.25. The third-order valence-electron chi connectivity index (χ3n) is 4.21. The summed E-state index contributed by atoms with van der Waals surface area (Å²) in [7, 11) is 1.60. The number of carbonyl (C=O) groups is 2. The maximum Gasteiger partial charge on any atom is 0.255 e. The van der Waals surface area contributed by atoms with Crippen molar-refractivity contribution < 1.29 is 18.7 Å². The summed E-state index contributed by atoms with van der Waals surface area (Å²) >= 11 is 0. The molecule has 2 amide bonds. The molecular formula is C22H22N2O4. The largest absolute Gasteiger partial charge is 0.467 e. The standard InChI is InChI=1S/C22H22N2O4/c1-27-15-13-24(16-20-8-5-14-28-20)22(26)18-9-11-19(12-10-18)23-21(25)17-6-3-2-4-7-17/h2-12,14H,13,15-16H2,1H3,(H,23,25). The molecule has 1 N–H and O–H groups in total. The third-order valence-corrected chi connectivity index (χ3v) is 4.21. The molecule has 0 aliphatic carbocycles. The summed E-state index contributed by atoms with van der Waals surface area (Å²) < 4.78 is 10.5. The number of furan rings is 1. The Morgan fingerprint density at radius 2 is 1.71 bits per heavy atom. The fraction of sp³-hybridized carbons (Fsp3) is 0.182. The normalized spacial score (nSPS) is 10.5. The molecule has 0 aliphatic heterocycles. The van der Waals surface area contributed by atoms with E-state index in [4.69, 9.17) is 9.15 Å². The minimum Gasteiger partial charge on any atom is -0.467 e. The van der Waals surface area contributed by atoms with E-state index in [1.54, 1.807) is 60.7 Å². The molecule has 0 spiro atoms. The monoisotopic (exact) mass is 378 g/mol. The van der Waals surface area contributed by atoms with Gasteiger partial charge in [0.25, 0.3) is 11.8 Å². The number of ether oxygens (including phenoxy) is 1. The van der Waals surface area contributed by atoms with Crippen LogP contribution in [-0.2, 0) is 11.3 Å². The second-order valence-corrected chi connectivity index (χ2v) is 6.20. The van der Waals surface area contributed by atoms with Crippen molar-refractivity contribution in [1.29, 1.82) is 0 Å². The number of methoxy groups -OCH3 is 1. The molecular weight excluding hydrogens is 356 g/mol. The van der Waals surface area contributed by atoms with Gasteiger partial charge >= 0.3 is 0 Å². The van der Waals surface area contributed by atoms with Crippen molar-refractivity contribution in [1.82, 2.24) is 4.90 Å². The Hall–Kier alpha value is -3.38. The Morgan fingerprint density at radius 3 is 2.36 bits per heavy atom. The molecule has 3 aromatic rings. The molecule has 0 saturated heterocycles. The fourth-order valence-corrected chi connectivity index (χ4v) is 2.72. The summed E-state index contributed by atoms with van der Waals surface area (Å²) in [6.45, 7) is 1.24. The smallest absolute Gasteiger partial charge is 0.255 e. The number of nitrogens with zero attached hydrogens (tertiary/aromatic N) is 1. The highest BCUT2D eigenvalue weighted by atomic mass is 16.5. The van der Waals surface area contributed by atoms with Gasteiger partial charge in [0.15, 0.2) is 0 Å². The number of carbonyl (C=O) groups excluding carboxylic acids is 2. The molecule has 3 rings (SSSR count). The first kappa shape index (κ1) is 19.4. The number of benzene rings is 2. The van der Waals surface area contributed by atoms with E-state index in [-0.39, 0.29) is 11.8 Å². The minimum atomic E-state index is -0.195. The molecule has 6 nitrogen and oxygen atoms in total. The zero-order chi connectivity index (χ0) is 19.8. The molecule has 0 unspecified atom stereocenters. The quantitative estimate of drug-likeness (QED) is 0.647. The Labute approximate surface area is 163 Å². The van der Waals surface area contributed by atoms with E-state index in [2.05, 4.69) is 5.32 Å². The Bertz CT molecular complexity index is 890. The van der Waals surface area contributed by atoms with Crippen LogP contribution >= 0.6 is 0 Å². The van der Waals surface area contributed by atoms with Crippen molar-refractivity contribution in [3.63, 3.8) is 0 Å². The van der Waals surface area contributed by atoms with Crippen LogP contribution in [0.1, 0.15) is 26.5 Å². The summed E-state index contributed by atoms with van der Waals surface area (Å²) in [5.41, 5.74) is 1.73. The summed E-state index contributed by atoms with van der Waals surface area (Å²) in [5, 5.41) is 2.83. The van der Waals surface area contributed by atoms with Crippen LogP contribution in [0.25, 0.3) is 0 Å². The van der Waals surface area contributed by atoms with Gasteiger partial charge in [-0.2, -0.15) is 0 Å². The van der Waals surface area contributed by atoms with Crippen LogP contribution in [0, 0.1) is 0 Å². The van der Waals surface area contributed by atoms with Gasteiger partial charge in [-0.05, 0) is 48.5 Å². The molecule has 144 valence electrons. The predicted molar refractivity (Wildman–Crippen MR) is 106 cm³/mol. The summed E-state index contributed by atoms with van der Waals surface area (Å²) in [5.74, 6) is 0.379. The van der Waals surface area contributed by atoms with E-state index < -0.39 is 0 Å². The second-order valence-electron chi connectivity index (χ2n) is 6.20. The van der Waals surface area contributed by atoms with Gasteiger partial charge < -0.3 is 19.4 Å². The zero-order valence-corrected chi connectivity index (χ0v) is 15.6. The van der Waals surface area contributed by atoms with E-state index in [9.17, 15) is 9.59 Å². The van der Waals surface area contributed by atoms with Gasteiger partial charge in [0.2, 0.25) is 0 Å². The van der Waals surface area contributed by atoms with Crippen LogP contribution in [0.4, 0.5) is 5.69 Å². The average molecular weight is 378 g/mol. The maximum atomic E-state index is 12.9. The lowest BCUT2D eigenvalue weighted by molar-refractivity contribution is 0.0666. The van der Waals surface area contributed by atoms with Gasteiger partial charge in [0.05, 0.1) is 19.4 Å². The third kappa shape index (κ3) is 5.08. The number of hydrogen-bond donors (Lipinski definition) is 1. The van der Waals surface area contributed by atoms with Crippen molar-refractivity contribution in [2.45, 2.75) is 6.54 Å². The van der Waals surface area contributed by atoms with Gasteiger partial charge in [-0.15, -0.1) is 0 Å². The first-order chi connectivity index (χ1) is 13.7. The summed E-state index contributed by atoms with van der Waals surface area (Å²) in [4.78, 5) is 26.8. The van der Waals surface area contributed by atoms with Crippen molar-refractivity contribution in [3.8, 4) is 0 Å². The molecule has 28 heavy (non-hydrogen) atoms. The number of rotatable bonds is 8. The van der Waals surface area contributed by atoms with Crippen molar-refractivity contribution in [2.75, 3.05) is 25.6 Å². The molecule has 0 bridgehead atoms. The Balaban J connectivity index is 1.67. The number of hydrogen-bond acceptors (Lipinski definition) is 4. The molecule has 0 saturated carbocycles. The van der Waals surface area contributed by atoms with Gasteiger partial charge in [0.1, 0.15) is 5.76 Å². The Morgan fingerprint density at radius 1 is 0.964 bits per heavy atom. The number of anilines is 1. The lowest BCUT2D eigenvalue weighted by atomic mass is 10.1. The molecule has 0 aliphatic rings. The predicted octanol–water partition coefficient (Wildman–Crippen LogP) is 3.82. The Kier molecular flexibility index (Phi) is 6.59. The van der Waals surface area contributed by atoms with Gasteiger partial charge in [-0.3, -0.25) is 9.59 Å².